The second-order valence-corrected chi connectivity index (χ2v) is 2.65. The van der Waals surface area contributed by atoms with Crippen molar-refractivity contribution in [1.82, 2.24) is 5.32 Å². The smallest absolute Gasteiger partial charge is 0.245 e. The standard InChI is InChI=1S/C6H10N2O3/c7-5(11)6(3-9)2-1-4(10)8-6/h9H,1-3H2,(H2,7,11)(H,8,10). The second-order valence-electron chi connectivity index (χ2n) is 2.65. The Kier molecular flexibility index (Phi) is 1.82. The highest BCUT2D eigenvalue weighted by molar-refractivity contribution is 5.93. The van der Waals surface area contributed by atoms with Crippen LogP contribution in [0.3, 0.4) is 0 Å². The van der Waals surface area contributed by atoms with Gasteiger partial charge >= 0.3 is 0 Å². The molecule has 0 aromatic rings. The van der Waals surface area contributed by atoms with Crippen molar-refractivity contribution < 1.29 is 14.7 Å². The molecular formula is C6H10N2O3. The van der Waals surface area contributed by atoms with Gasteiger partial charge in [0.25, 0.3) is 0 Å². The van der Waals surface area contributed by atoms with Crippen LogP contribution in [-0.2, 0) is 9.59 Å². The molecule has 1 aliphatic rings. The number of rotatable bonds is 2. The summed E-state index contributed by atoms with van der Waals surface area (Å²) >= 11 is 0. The van der Waals surface area contributed by atoms with Crippen molar-refractivity contribution in [2.45, 2.75) is 18.4 Å². The van der Waals surface area contributed by atoms with Gasteiger partial charge in [-0.2, -0.15) is 0 Å². The number of nitrogens with one attached hydrogen (secondary N) is 1. The first-order valence-corrected chi connectivity index (χ1v) is 3.32. The lowest BCUT2D eigenvalue weighted by Crippen LogP contribution is -2.55. The Labute approximate surface area is 63.6 Å². The molecule has 0 aliphatic carbocycles. The van der Waals surface area contributed by atoms with E-state index in [1.54, 1.807) is 0 Å². The van der Waals surface area contributed by atoms with Gasteiger partial charge in [0, 0.05) is 6.42 Å². The number of aliphatic hydroxyl groups excluding tert-OH is 1. The Morgan fingerprint density at radius 1 is 1.82 bits per heavy atom. The Morgan fingerprint density at radius 2 is 2.45 bits per heavy atom. The van der Waals surface area contributed by atoms with Crippen LogP contribution in [0.5, 0.6) is 0 Å². The minimum absolute atomic E-state index is 0.238. The third kappa shape index (κ3) is 1.19. The molecule has 5 nitrogen and oxygen atoms in total. The van der Waals surface area contributed by atoms with Crippen LogP contribution in [0.1, 0.15) is 12.8 Å². The van der Waals surface area contributed by atoms with Crippen molar-refractivity contribution in [3.05, 3.63) is 0 Å². The highest BCUT2D eigenvalue weighted by Gasteiger charge is 2.42. The number of primary amides is 1. The van der Waals surface area contributed by atoms with E-state index in [4.69, 9.17) is 10.8 Å². The first-order chi connectivity index (χ1) is 5.10. The number of amides is 2. The molecule has 0 radical (unpaired) electrons. The molecule has 0 aromatic carbocycles. The fourth-order valence-electron chi connectivity index (χ4n) is 1.10. The summed E-state index contributed by atoms with van der Waals surface area (Å²) in [7, 11) is 0. The monoisotopic (exact) mass is 158 g/mol. The number of hydrogen-bond donors (Lipinski definition) is 3. The Hall–Kier alpha value is -1.10. The third-order valence-corrected chi connectivity index (χ3v) is 1.90. The minimum Gasteiger partial charge on any atom is -0.393 e. The first kappa shape index (κ1) is 8.00. The maximum absolute atomic E-state index is 10.7. The van der Waals surface area contributed by atoms with Gasteiger partial charge in [-0.05, 0) is 6.42 Å². The van der Waals surface area contributed by atoms with E-state index in [1.165, 1.54) is 0 Å². The molecular weight excluding hydrogens is 148 g/mol. The van der Waals surface area contributed by atoms with E-state index < -0.39 is 18.1 Å². The zero-order chi connectivity index (χ0) is 8.48. The van der Waals surface area contributed by atoms with E-state index in [-0.39, 0.29) is 18.7 Å². The fourth-order valence-corrected chi connectivity index (χ4v) is 1.10. The first-order valence-electron chi connectivity index (χ1n) is 3.32. The summed E-state index contributed by atoms with van der Waals surface area (Å²) in [5, 5.41) is 11.1. The average molecular weight is 158 g/mol. The van der Waals surface area contributed by atoms with Crippen LogP contribution < -0.4 is 11.1 Å². The number of carbonyl (C=O) groups excluding carboxylic acids is 2. The normalized spacial score (nSPS) is 30.1. The van der Waals surface area contributed by atoms with Crippen molar-refractivity contribution in [1.29, 1.82) is 0 Å². The summed E-state index contributed by atoms with van der Waals surface area (Å²) < 4.78 is 0. The molecule has 1 aliphatic heterocycles. The lowest BCUT2D eigenvalue weighted by atomic mass is 9.98. The molecule has 2 amide bonds. The topological polar surface area (TPSA) is 92.4 Å². The molecule has 0 spiro atoms. The predicted octanol–water partition coefficient (Wildman–Crippen LogP) is -1.89. The summed E-state index contributed by atoms with van der Waals surface area (Å²) in [4.78, 5) is 21.4. The molecule has 0 aromatic heterocycles. The molecule has 1 fully saturated rings. The summed E-state index contributed by atoms with van der Waals surface area (Å²) in [5.74, 6) is -0.913. The van der Waals surface area contributed by atoms with Crippen molar-refractivity contribution in [2.24, 2.45) is 5.73 Å². The van der Waals surface area contributed by atoms with Gasteiger partial charge in [0.1, 0.15) is 5.54 Å². The molecule has 1 atom stereocenters. The third-order valence-electron chi connectivity index (χ3n) is 1.90. The summed E-state index contributed by atoms with van der Waals surface area (Å²) in [6, 6.07) is 0. The van der Waals surface area contributed by atoms with Crippen LogP contribution >= 0.6 is 0 Å². The van der Waals surface area contributed by atoms with Crippen molar-refractivity contribution in [3.63, 3.8) is 0 Å². The SMILES string of the molecule is NC(=O)C1(CO)CCC(=O)N1. The predicted molar refractivity (Wildman–Crippen MR) is 36.4 cm³/mol. The van der Waals surface area contributed by atoms with Crippen molar-refractivity contribution in [3.8, 4) is 0 Å². The van der Waals surface area contributed by atoms with E-state index >= 15 is 0 Å². The molecule has 1 saturated heterocycles. The fraction of sp³-hybridized carbons (Fsp3) is 0.667. The largest absolute Gasteiger partial charge is 0.393 e. The van der Waals surface area contributed by atoms with Crippen LogP contribution in [0.2, 0.25) is 0 Å². The number of carbonyl (C=O) groups is 2. The van der Waals surface area contributed by atoms with Gasteiger partial charge in [-0.25, -0.2) is 0 Å². The van der Waals surface area contributed by atoms with Gasteiger partial charge in [0.05, 0.1) is 6.61 Å². The van der Waals surface area contributed by atoms with E-state index in [1.807, 2.05) is 0 Å². The van der Waals surface area contributed by atoms with Crippen LogP contribution in [0.4, 0.5) is 0 Å². The van der Waals surface area contributed by atoms with E-state index in [9.17, 15) is 9.59 Å². The van der Waals surface area contributed by atoms with Gasteiger partial charge in [0.15, 0.2) is 0 Å². The van der Waals surface area contributed by atoms with Gasteiger partial charge in [-0.1, -0.05) is 0 Å². The van der Waals surface area contributed by atoms with Gasteiger partial charge in [-0.3, -0.25) is 9.59 Å². The highest BCUT2D eigenvalue weighted by atomic mass is 16.3. The minimum atomic E-state index is -1.20. The summed E-state index contributed by atoms with van der Waals surface area (Å²) in [6.07, 6.45) is 0.543. The van der Waals surface area contributed by atoms with Crippen molar-refractivity contribution in [2.75, 3.05) is 6.61 Å². The van der Waals surface area contributed by atoms with Gasteiger partial charge < -0.3 is 16.2 Å². The van der Waals surface area contributed by atoms with Gasteiger partial charge in [0.2, 0.25) is 11.8 Å². The lowest BCUT2D eigenvalue weighted by Gasteiger charge is -2.21. The zero-order valence-electron chi connectivity index (χ0n) is 5.96. The Balaban J connectivity index is 2.78. The Bertz CT molecular complexity index is 204. The molecule has 62 valence electrons. The molecule has 1 rings (SSSR count). The zero-order valence-corrected chi connectivity index (χ0v) is 5.96. The maximum atomic E-state index is 10.7. The van der Waals surface area contributed by atoms with Gasteiger partial charge in [-0.15, -0.1) is 0 Å². The molecule has 1 unspecified atom stereocenters. The molecule has 11 heavy (non-hydrogen) atoms. The van der Waals surface area contributed by atoms with Crippen LogP contribution in [-0.4, -0.2) is 29.1 Å². The van der Waals surface area contributed by atoms with Crippen molar-refractivity contribution >= 4 is 11.8 Å². The molecule has 0 saturated carbocycles. The number of nitrogens with two attached hydrogens (primary N) is 1. The van der Waals surface area contributed by atoms with Crippen LogP contribution in [0.15, 0.2) is 0 Å². The average Bonchev–Trinajstić information content (AvgIpc) is 2.33. The number of hydrogen-bond acceptors (Lipinski definition) is 3. The van der Waals surface area contributed by atoms with E-state index in [0.29, 0.717) is 0 Å². The summed E-state index contributed by atoms with van der Waals surface area (Å²) in [6.45, 7) is -0.423. The molecule has 4 N–H and O–H groups in total. The molecule has 1 heterocycles. The summed E-state index contributed by atoms with van der Waals surface area (Å²) in [5.41, 5.74) is 3.79. The molecule has 5 heteroatoms. The van der Waals surface area contributed by atoms with E-state index in [2.05, 4.69) is 5.32 Å². The van der Waals surface area contributed by atoms with Crippen LogP contribution in [0, 0.1) is 0 Å². The second kappa shape index (κ2) is 2.50. The quantitative estimate of drug-likeness (QED) is 0.439. The Morgan fingerprint density at radius 3 is 2.64 bits per heavy atom. The number of aliphatic hydroxyl groups is 1. The van der Waals surface area contributed by atoms with E-state index in [0.717, 1.165) is 0 Å². The van der Waals surface area contributed by atoms with Crippen LogP contribution in [0.25, 0.3) is 0 Å². The maximum Gasteiger partial charge on any atom is 0.245 e. The lowest BCUT2D eigenvalue weighted by molar-refractivity contribution is -0.128. The highest BCUT2D eigenvalue weighted by Crippen LogP contribution is 2.18. The molecule has 0 bridgehead atoms.